The van der Waals surface area contributed by atoms with Gasteiger partial charge in [-0.25, -0.2) is 12.8 Å². The van der Waals surface area contributed by atoms with Gasteiger partial charge in [-0.05, 0) is 67.9 Å². The lowest BCUT2D eigenvalue weighted by Crippen LogP contribution is -2.14. The Labute approximate surface area is 208 Å². The van der Waals surface area contributed by atoms with E-state index in [-0.39, 0.29) is 16.3 Å². The van der Waals surface area contributed by atoms with Crippen LogP contribution in [0.25, 0.3) is 10.9 Å². The predicted molar refractivity (Wildman–Crippen MR) is 134 cm³/mol. The average Bonchev–Trinajstić information content (AvgIpc) is 2.86. The van der Waals surface area contributed by atoms with Crippen molar-refractivity contribution in [2.45, 2.75) is 18.7 Å². The molecule has 188 valence electrons. The van der Waals surface area contributed by atoms with E-state index < -0.39 is 15.8 Å². The van der Waals surface area contributed by atoms with Gasteiger partial charge in [-0.3, -0.25) is 9.71 Å². The minimum atomic E-state index is -4.03. The number of aromatic nitrogens is 1. The van der Waals surface area contributed by atoms with Crippen LogP contribution in [-0.4, -0.2) is 34.2 Å². The normalized spacial score (nSPS) is 11.2. The number of fused-ring (bicyclic) bond motifs is 1. The van der Waals surface area contributed by atoms with Gasteiger partial charge in [-0.1, -0.05) is 0 Å². The second-order valence-electron chi connectivity index (χ2n) is 7.72. The third-order valence-electron chi connectivity index (χ3n) is 5.38. The zero-order valence-electron chi connectivity index (χ0n) is 20.2. The van der Waals surface area contributed by atoms with Gasteiger partial charge >= 0.3 is 0 Å². The number of pyridine rings is 1. The number of hydrogen-bond donors (Lipinski definition) is 1. The van der Waals surface area contributed by atoms with E-state index in [4.69, 9.17) is 18.9 Å². The zero-order chi connectivity index (χ0) is 25.9. The molecule has 0 radical (unpaired) electrons. The first-order chi connectivity index (χ1) is 17.3. The summed E-state index contributed by atoms with van der Waals surface area (Å²) in [5.41, 5.74) is 0.965. The van der Waals surface area contributed by atoms with E-state index in [1.165, 1.54) is 44.7 Å². The Balaban J connectivity index is 1.59. The van der Waals surface area contributed by atoms with Gasteiger partial charge in [0.05, 0.1) is 31.4 Å². The minimum Gasteiger partial charge on any atom is -0.494 e. The lowest BCUT2D eigenvalue weighted by atomic mass is 10.1. The summed E-state index contributed by atoms with van der Waals surface area (Å²) in [6.45, 7) is 4.04. The third-order valence-corrected chi connectivity index (χ3v) is 6.75. The number of anilines is 1. The molecule has 8 nitrogen and oxygen atoms in total. The molecule has 1 heterocycles. The van der Waals surface area contributed by atoms with Gasteiger partial charge in [0.2, 0.25) is 0 Å². The molecule has 0 amide bonds. The van der Waals surface area contributed by atoms with Gasteiger partial charge in [-0.2, -0.15) is 0 Å². The molecule has 1 N–H and O–H groups in total. The number of hydrogen-bond acceptors (Lipinski definition) is 7. The van der Waals surface area contributed by atoms with Crippen LogP contribution in [0.4, 0.5) is 10.1 Å². The van der Waals surface area contributed by atoms with Crippen molar-refractivity contribution < 1.29 is 31.8 Å². The van der Waals surface area contributed by atoms with Crippen molar-refractivity contribution in [1.82, 2.24) is 4.98 Å². The summed E-state index contributed by atoms with van der Waals surface area (Å²) >= 11 is 0. The predicted octanol–water partition coefficient (Wildman–Crippen LogP) is 5.69. The molecule has 0 aliphatic carbocycles. The second kappa shape index (κ2) is 10.3. The molecule has 0 saturated carbocycles. The molecule has 0 spiro atoms. The standard InChI is InChI=1S/C26H25FN2O6S/c1-5-34-22-10-7-18(14-16(22)2)36(30,31)29-21-9-6-17(15-20(21)27)35-23-12-13-28-25-19(23)8-11-24(32-3)26(25)33-4/h6-15,29H,5H2,1-4H3. The molecule has 0 bridgehead atoms. The molecule has 0 atom stereocenters. The molecule has 0 unspecified atom stereocenters. The number of nitrogens with zero attached hydrogens (tertiary/aromatic N) is 1. The van der Waals surface area contributed by atoms with Crippen LogP contribution in [0.2, 0.25) is 0 Å². The number of benzene rings is 3. The number of rotatable bonds is 9. The molecule has 1 aromatic heterocycles. The minimum absolute atomic E-state index is 0.00388. The third kappa shape index (κ3) is 4.99. The van der Waals surface area contributed by atoms with E-state index in [0.29, 0.717) is 46.1 Å². The maximum Gasteiger partial charge on any atom is 0.262 e. The Morgan fingerprint density at radius 2 is 1.72 bits per heavy atom. The number of halogens is 1. The highest BCUT2D eigenvalue weighted by molar-refractivity contribution is 7.92. The van der Waals surface area contributed by atoms with Gasteiger partial charge in [0, 0.05) is 17.6 Å². The van der Waals surface area contributed by atoms with Gasteiger partial charge in [-0.15, -0.1) is 0 Å². The largest absolute Gasteiger partial charge is 0.494 e. The smallest absolute Gasteiger partial charge is 0.262 e. The van der Waals surface area contributed by atoms with E-state index in [2.05, 4.69) is 9.71 Å². The van der Waals surface area contributed by atoms with E-state index in [1.54, 1.807) is 31.2 Å². The van der Waals surface area contributed by atoms with Crippen molar-refractivity contribution >= 4 is 26.6 Å². The Morgan fingerprint density at radius 3 is 2.39 bits per heavy atom. The van der Waals surface area contributed by atoms with Crippen LogP contribution in [0.15, 0.2) is 65.7 Å². The van der Waals surface area contributed by atoms with E-state index in [0.717, 1.165) is 6.07 Å². The Kier molecular flexibility index (Phi) is 7.16. The molecule has 4 aromatic rings. The van der Waals surface area contributed by atoms with Crippen LogP contribution in [-0.2, 0) is 10.0 Å². The maximum absolute atomic E-state index is 14.9. The van der Waals surface area contributed by atoms with E-state index in [1.807, 2.05) is 6.92 Å². The maximum atomic E-state index is 14.9. The molecule has 0 aliphatic heterocycles. The van der Waals surface area contributed by atoms with Crippen molar-refractivity contribution in [2.24, 2.45) is 0 Å². The molecule has 0 saturated heterocycles. The quantitative estimate of drug-likeness (QED) is 0.308. The summed E-state index contributed by atoms with van der Waals surface area (Å²) in [6.07, 6.45) is 1.54. The highest BCUT2D eigenvalue weighted by atomic mass is 32.2. The lowest BCUT2D eigenvalue weighted by Gasteiger charge is -2.14. The molecular formula is C26H25FN2O6S. The zero-order valence-corrected chi connectivity index (χ0v) is 21.0. The first kappa shape index (κ1) is 25.1. The number of aryl methyl sites for hydroxylation is 1. The number of sulfonamides is 1. The lowest BCUT2D eigenvalue weighted by molar-refractivity contribution is 0.337. The van der Waals surface area contributed by atoms with Gasteiger partial charge < -0.3 is 18.9 Å². The van der Waals surface area contributed by atoms with Crippen LogP contribution >= 0.6 is 0 Å². The van der Waals surface area contributed by atoms with Crippen molar-refractivity contribution in [3.8, 4) is 28.7 Å². The Hall–Kier alpha value is -4.05. The summed E-state index contributed by atoms with van der Waals surface area (Å²) < 4.78 is 64.9. The highest BCUT2D eigenvalue weighted by Crippen LogP contribution is 2.39. The van der Waals surface area contributed by atoms with Crippen LogP contribution < -0.4 is 23.7 Å². The summed E-state index contributed by atoms with van der Waals surface area (Å²) in [5.74, 6) is 1.34. The van der Waals surface area contributed by atoms with Crippen LogP contribution in [0.3, 0.4) is 0 Å². The van der Waals surface area contributed by atoms with Crippen LogP contribution in [0.1, 0.15) is 12.5 Å². The van der Waals surface area contributed by atoms with Crippen LogP contribution in [0.5, 0.6) is 28.7 Å². The molecule has 3 aromatic carbocycles. The number of nitrogens with one attached hydrogen (secondary N) is 1. The topological polar surface area (TPSA) is 96.0 Å². The van der Waals surface area contributed by atoms with Gasteiger partial charge in [0.1, 0.15) is 22.8 Å². The van der Waals surface area contributed by atoms with Crippen LogP contribution in [0, 0.1) is 12.7 Å². The fourth-order valence-corrected chi connectivity index (χ4v) is 4.83. The molecule has 10 heteroatoms. The first-order valence-corrected chi connectivity index (χ1v) is 12.5. The van der Waals surface area contributed by atoms with Gasteiger partial charge in [0.25, 0.3) is 10.0 Å². The summed E-state index contributed by atoms with van der Waals surface area (Å²) in [4.78, 5) is 4.34. The van der Waals surface area contributed by atoms with Crippen molar-refractivity contribution in [1.29, 1.82) is 0 Å². The average molecular weight is 513 g/mol. The molecule has 0 fully saturated rings. The SMILES string of the molecule is CCOc1ccc(S(=O)(=O)Nc2ccc(Oc3ccnc4c(OC)c(OC)ccc34)cc2F)cc1C. The molecular weight excluding hydrogens is 487 g/mol. The molecule has 4 rings (SSSR count). The van der Waals surface area contributed by atoms with E-state index >= 15 is 0 Å². The van der Waals surface area contributed by atoms with Gasteiger partial charge in [0.15, 0.2) is 17.3 Å². The second-order valence-corrected chi connectivity index (χ2v) is 9.40. The first-order valence-electron chi connectivity index (χ1n) is 11.0. The Morgan fingerprint density at radius 1 is 0.944 bits per heavy atom. The monoisotopic (exact) mass is 512 g/mol. The Bertz CT molecular complexity index is 1520. The van der Waals surface area contributed by atoms with Crippen molar-refractivity contribution in [3.05, 3.63) is 72.2 Å². The summed E-state index contributed by atoms with van der Waals surface area (Å²) in [6, 6.07) is 13.4. The van der Waals surface area contributed by atoms with E-state index in [9.17, 15) is 12.8 Å². The highest BCUT2D eigenvalue weighted by Gasteiger charge is 2.19. The summed E-state index contributed by atoms with van der Waals surface area (Å²) in [5, 5.41) is 0.631. The molecule has 36 heavy (non-hydrogen) atoms. The van der Waals surface area contributed by atoms with Crippen molar-refractivity contribution in [3.63, 3.8) is 0 Å². The fraction of sp³-hybridized carbons (Fsp3) is 0.192. The van der Waals surface area contributed by atoms with Crippen molar-refractivity contribution in [2.75, 3.05) is 25.5 Å². The number of ether oxygens (including phenoxy) is 4. The fourth-order valence-electron chi connectivity index (χ4n) is 3.68. The number of methoxy groups -OCH3 is 2. The summed E-state index contributed by atoms with van der Waals surface area (Å²) in [7, 11) is -0.988. The molecule has 0 aliphatic rings.